The van der Waals surface area contributed by atoms with Crippen molar-refractivity contribution in [1.29, 1.82) is 0 Å². The highest BCUT2D eigenvalue weighted by Gasteiger charge is 2.15. The summed E-state index contributed by atoms with van der Waals surface area (Å²) < 4.78 is 33.1. The number of amides is 1. The molecule has 0 unspecified atom stereocenters. The summed E-state index contributed by atoms with van der Waals surface area (Å²) in [5.41, 5.74) is 2.43. The third-order valence-electron chi connectivity index (χ3n) is 4.35. The van der Waals surface area contributed by atoms with Gasteiger partial charge in [0.25, 0.3) is 15.9 Å². The van der Waals surface area contributed by atoms with Crippen molar-refractivity contribution < 1.29 is 17.9 Å². The molecular weight excluding hydrogens is 446 g/mol. The maximum Gasteiger partial charge on any atom is 0.261 e. The van der Waals surface area contributed by atoms with Crippen LogP contribution in [0, 0.1) is 6.92 Å². The standard InChI is InChI=1S/C23H23N3O4S2/c1-3-30-20-11-7-19(8-12-20)26-32(28,29)21-13-9-18(10-14-21)24-23(31)25-22(27)17-6-4-5-16(2)15-17/h4-15,26H,3H2,1-2H3,(H2,24,25,27,31). The normalized spacial score (nSPS) is 10.8. The number of nitrogens with one attached hydrogen (secondary N) is 3. The van der Waals surface area contributed by atoms with Gasteiger partial charge in [-0.15, -0.1) is 0 Å². The Kier molecular flexibility index (Phi) is 7.45. The third-order valence-corrected chi connectivity index (χ3v) is 5.95. The Morgan fingerprint density at radius 3 is 2.25 bits per heavy atom. The lowest BCUT2D eigenvalue weighted by molar-refractivity contribution is 0.0977. The van der Waals surface area contributed by atoms with Crippen molar-refractivity contribution in [3.05, 3.63) is 83.9 Å². The van der Waals surface area contributed by atoms with Gasteiger partial charge in [-0.25, -0.2) is 8.42 Å². The van der Waals surface area contributed by atoms with Crippen molar-refractivity contribution in [2.24, 2.45) is 0 Å². The molecule has 3 aromatic carbocycles. The van der Waals surface area contributed by atoms with Crippen LogP contribution in [0.2, 0.25) is 0 Å². The third kappa shape index (κ3) is 6.29. The van der Waals surface area contributed by atoms with Crippen molar-refractivity contribution in [1.82, 2.24) is 5.32 Å². The van der Waals surface area contributed by atoms with Crippen molar-refractivity contribution in [3.63, 3.8) is 0 Å². The lowest BCUT2D eigenvalue weighted by Gasteiger charge is -2.12. The van der Waals surface area contributed by atoms with Gasteiger partial charge in [0, 0.05) is 16.9 Å². The van der Waals surface area contributed by atoms with Crippen LogP contribution in [0.25, 0.3) is 0 Å². The first-order valence-electron chi connectivity index (χ1n) is 9.81. The van der Waals surface area contributed by atoms with Crippen molar-refractivity contribution >= 4 is 44.6 Å². The van der Waals surface area contributed by atoms with Gasteiger partial charge in [-0.05, 0) is 86.7 Å². The van der Waals surface area contributed by atoms with Gasteiger partial charge in [0.05, 0.1) is 11.5 Å². The Hall–Kier alpha value is -3.43. The molecule has 3 N–H and O–H groups in total. The molecule has 0 fully saturated rings. The van der Waals surface area contributed by atoms with E-state index < -0.39 is 10.0 Å². The minimum Gasteiger partial charge on any atom is -0.494 e. The van der Waals surface area contributed by atoms with E-state index in [2.05, 4.69) is 15.4 Å². The fraction of sp³-hybridized carbons (Fsp3) is 0.130. The second-order valence-corrected chi connectivity index (χ2v) is 8.96. The van der Waals surface area contributed by atoms with Gasteiger partial charge < -0.3 is 10.1 Å². The number of ether oxygens (including phenoxy) is 1. The highest BCUT2D eigenvalue weighted by molar-refractivity contribution is 7.92. The van der Waals surface area contributed by atoms with Crippen LogP contribution in [0.15, 0.2) is 77.7 Å². The minimum atomic E-state index is -3.76. The van der Waals surface area contributed by atoms with Crippen molar-refractivity contribution in [3.8, 4) is 5.75 Å². The van der Waals surface area contributed by atoms with Gasteiger partial charge in [0.1, 0.15) is 5.75 Å². The molecule has 3 rings (SSSR count). The molecule has 0 saturated carbocycles. The topological polar surface area (TPSA) is 96.5 Å². The monoisotopic (exact) mass is 469 g/mol. The van der Waals surface area contributed by atoms with Gasteiger partial charge in [-0.3, -0.25) is 14.8 Å². The minimum absolute atomic E-state index is 0.0895. The van der Waals surface area contributed by atoms with Crippen LogP contribution >= 0.6 is 12.2 Å². The van der Waals surface area contributed by atoms with E-state index in [1.54, 1.807) is 54.6 Å². The van der Waals surface area contributed by atoms with Gasteiger partial charge in [-0.1, -0.05) is 17.7 Å². The first-order valence-corrected chi connectivity index (χ1v) is 11.7. The van der Waals surface area contributed by atoms with E-state index >= 15 is 0 Å². The first kappa shape index (κ1) is 23.2. The van der Waals surface area contributed by atoms with E-state index in [0.29, 0.717) is 29.3 Å². The molecule has 0 heterocycles. The van der Waals surface area contributed by atoms with Gasteiger partial charge in [0.2, 0.25) is 0 Å². The summed E-state index contributed by atoms with van der Waals surface area (Å²) in [6, 6.07) is 19.8. The molecule has 0 saturated heterocycles. The zero-order chi connectivity index (χ0) is 23.1. The first-order chi connectivity index (χ1) is 15.3. The van der Waals surface area contributed by atoms with Crippen LogP contribution in [0.5, 0.6) is 5.75 Å². The largest absolute Gasteiger partial charge is 0.494 e. The molecular formula is C23H23N3O4S2. The molecule has 0 atom stereocenters. The van der Waals surface area contributed by atoms with E-state index in [-0.39, 0.29) is 15.9 Å². The fourth-order valence-corrected chi connectivity index (χ4v) is 4.11. The summed E-state index contributed by atoms with van der Waals surface area (Å²) in [6.45, 7) is 4.30. The van der Waals surface area contributed by atoms with Crippen LogP contribution < -0.4 is 20.1 Å². The lowest BCUT2D eigenvalue weighted by atomic mass is 10.1. The number of thiocarbonyl (C=S) groups is 1. The summed E-state index contributed by atoms with van der Waals surface area (Å²) in [4.78, 5) is 12.4. The van der Waals surface area contributed by atoms with E-state index in [4.69, 9.17) is 17.0 Å². The molecule has 1 amide bonds. The highest BCUT2D eigenvalue weighted by atomic mass is 32.2. The Morgan fingerprint density at radius 1 is 0.969 bits per heavy atom. The second-order valence-electron chi connectivity index (χ2n) is 6.86. The number of rotatable bonds is 7. The molecule has 0 aliphatic heterocycles. The lowest BCUT2D eigenvalue weighted by Crippen LogP contribution is -2.34. The summed E-state index contributed by atoms with van der Waals surface area (Å²) in [7, 11) is -3.76. The van der Waals surface area contributed by atoms with Gasteiger partial charge in [0.15, 0.2) is 5.11 Å². The molecule has 0 aliphatic carbocycles. The predicted molar refractivity (Wildman–Crippen MR) is 130 cm³/mol. The molecule has 7 nitrogen and oxygen atoms in total. The van der Waals surface area contributed by atoms with Crippen LogP contribution in [-0.4, -0.2) is 26.0 Å². The van der Waals surface area contributed by atoms with Crippen LogP contribution in [-0.2, 0) is 10.0 Å². The van der Waals surface area contributed by atoms with E-state index in [9.17, 15) is 13.2 Å². The molecule has 0 bridgehead atoms. The van der Waals surface area contributed by atoms with Crippen LogP contribution in [0.4, 0.5) is 11.4 Å². The number of sulfonamides is 1. The smallest absolute Gasteiger partial charge is 0.261 e. The van der Waals surface area contributed by atoms with E-state index in [1.807, 2.05) is 19.9 Å². The molecule has 0 aliphatic rings. The molecule has 0 radical (unpaired) electrons. The Bertz CT molecular complexity index is 1210. The van der Waals surface area contributed by atoms with Crippen molar-refractivity contribution in [2.75, 3.05) is 16.6 Å². The molecule has 0 aromatic heterocycles. The molecule has 9 heteroatoms. The summed E-state index contributed by atoms with van der Waals surface area (Å²) in [6.07, 6.45) is 0. The molecule has 3 aromatic rings. The Labute approximate surface area is 192 Å². The number of hydrogen-bond donors (Lipinski definition) is 3. The number of anilines is 2. The predicted octanol–water partition coefficient (Wildman–Crippen LogP) is 4.32. The highest BCUT2D eigenvalue weighted by Crippen LogP contribution is 2.21. The van der Waals surface area contributed by atoms with E-state index in [0.717, 1.165) is 5.56 Å². The maximum absolute atomic E-state index is 12.6. The molecule has 166 valence electrons. The van der Waals surface area contributed by atoms with Gasteiger partial charge >= 0.3 is 0 Å². The molecule has 32 heavy (non-hydrogen) atoms. The zero-order valence-corrected chi connectivity index (χ0v) is 19.2. The van der Waals surface area contributed by atoms with E-state index in [1.165, 1.54) is 12.1 Å². The summed E-state index contributed by atoms with van der Waals surface area (Å²) in [5, 5.41) is 5.59. The fourth-order valence-electron chi connectivity index (χ4n) is 2.84. The summed E-state index contributed by atoms with van der Waals surface area (Å²) in [5.74, 6) is 0.335. The Balaban J connectivity index is 1.61. The van der Waals surface area contributed by atoms with Gasteiger partial charge in [-0.2, -0.15) is 0 Å². The van der Waals surface area contributed by atoms with Crippen molar-refractivity contribution in [2.45, 2.75) is 18.7 Å². The quantitative estimate of drug-likeness (QED) is 0.446. The number of aryl methyl sites for hydroxylation is 1. The number of carbonyl (C=O) groups excluding carboxylic acids is 1. The number of benzene rings is 3. The van der Waals surface area contributed by atoms with Crippen LogP contribution in [0.1, 0.15) is 22.8 Å². The number of carbonyl (C=O) groups is 1. The Morgan fingerprint density at radius 2 is 1.62 bits per heavy atom. The SMILES string of the molecule is CCOc1ccc(NS(=O)(=O)c2ccc(NC(=S)NC(=O)c3cccc(C)c3)cc2)cc1. The second kappa shape index (κ2) is 10.3. The molecule has 0 spiro atoms. The maximum atomic E-state index is 12.6. The zero-order valence-electron chi connectivity index (χ0n) is 17.6. The average Bonchev–Trinajstić information content (AvgIpc) is 2.75. The summed E-state index contributed by atoms with van der Waals surface area (Å²) >= 11 is 5.18. The average molecular weight is 470 g/mol. The number of hydrogen-bond acceptors (Lipinski definition) is 5. The van der Waals surface area contributed by atoms with Crippen LogP contribution in [0.3, 0.4) is 0 Å².